The Kier molecular flexibility index (Phi) is 5.63. The zero-order valence-corrected chi connectivity index (χ0v) is 14.6. The minimum absolute atomic E-state index is 0.419. The Morgan fingerprint density at radius 1 is 1.30 bits per heavy atom. The number of aromatic nitrogens is 2. The Balaban J connectivity index is 2.24. The van der Waals surface area contributed by atoms with Crippen molar-refractivity contribution in [1.29, 1.82) is 0 Å². The van der Waals surface area contributed by atoms with Crippen molar-refractivity contribution in [2.24, 2.45) is 0 Å². The molecule has 0 atom stereocenters. The van der Waals surface area contributed by atoms with E-state index in [2.05, 4.69) is 54.1 Å². The van der Waals surface area contributed by atoms with Gasteiger partial charge in [0.1, 0.15) is 22.4 Å². The molecule has 0 unspecified atom stereocenters. The number of nitrogens with zero attached hydrogens (tertiary/aromatic N) is 2. The van der Waals surface area contributed by atoms with Crippen molar-refractivity contribution in [3.8, 4) is 11.6 Å². The summed E-state index contributed by atoms with van der Waals surface area (Å²) in [7, 11) is 0. The number of nitrogens with one attached hydrogen (secondary N) is 1. The number of halogens is 3. The minimum Gasteiger partial charge on any atom is -0.436 e. The van der Waals surface area contributed by atoms with E-state index >= 15 is 0 Å². The fourth-order valence-electron chi connectivity index (χ4n) is 1.45. The van der Waals surface area contributed by atoms with Gasteiger partial charge in [-0.1, -0.05) is 34.5 Å². The Labute approximate surface area is 139 Å². The lowest BCUT2D eigenvalue weighted by atomic mass is 10.3. The molecule has 20 heavy (non-hydrogen) atoms. The van der Waals surface area contributed by atoms with Crippen LogP contribution in [0.3, 0.4) is 0 Å². The fraction of sp³-hybridized carbons (Fsp3) is 0.231. The Morgan fingerprint density at radius 3 is 2.80 bits per heavy atom. The molecule has 7 heteroatoms. The van der Waals surface area contributed by atoms with Gasteiger partial charge >= 0.3 is 0 Å². The molecule has 0 amide bonds. The number of ether oxygens (including phenoxy) is 1. The molecule has 0 aliphatic rings. The normalized spacial score (nSPS) is 10.4. The first-order valence-corrected chi connectivity index (χ1v) is 7.95. The van der Waals surface area contributed by atoms with Crippen LogP contribution in [0.5, 0.6) is 11.6 Å². The first kappa shape index (κ1) is 15.5. The third kappa shape index (κ3) is 3.84. The van der Waals surface area contributed by atoms with Gasteiger partial charge in [0.25, 0.3) is 0 Å². The highest BCUT2D eigenvalue weighted by Crippen LogP contribution is 2.35. The average Bonchev–Trinajstić information content (AvgIpc) is 2.42. The summed E-state index contributed by atoms with van der Waals surface area (Å²) in [5.74, 6) is 1.66. The van der Waals surface area contributed by atoms with Crippen LogP contribution in [0.4, 0.5) is 5.82 Å². The van der Waals surface area contributed by atoms with E-state index in [9.17, 15) is 0 Å². The van der Waals surface area contributed by atoms with Crippen LogP contribution in [0.25, 0.3) is 0 Å². The first-order chi connectivity index (χ1) is 9.61. The van der Waals surface area contributed by atoms with E-state index in [1.54, 1.807) is 12.1 Å². The maximum Gasteiger partial charge on any atom is 0.238 e. The molecule has 0 radical (unpaired) electrons. The van der Waals surface area contributed by atoms with Crippen LogP contribution in [-0.4, -0.2) is 16.5 Å². The van der Waals surface area contributed by atoms with Crippen LogP contribution in [0.15, 0.2) is 33.5 Å². The van der Waals surface area contributed by atoms with Crippen molar-refractivity contribution < 1.29 is 4.74 Å². The predicted molar refractivity (Wildman–Crippen MR) is 87.7 cm³/mol. The summed E-state index contributed by atoms with van der Waals surface area (Å²) < 4.78 is 7.29. The molecule has 0 saturated heterocycles. The topological polar surface area (TPSA) is 47.0 Å². The van der Waals surface area contributed by atoms with Gasteiger partial charge in [-0.25, -0.2) is 9.97 Å². The Morgan fingerprint density at radius 2 is 2.10 bits per heavy atom. The van der Waals surface area contributed by atoms with Gasteiger partial charge in [-0.05, 0) is 40.5 Å². The van der Waals surface area contributed by atoms with E-state index in [1.165, 1.54) is 6.33 Å². The maximum atomic E-state index is 6.13. The van der Waals surface area contributed by atoms with Crippen LogP contribution >= 0.6 is 43.5 Å². The van der Waals surface area contributed by atoms with Gasteiger partial charge in [-0.2, -0.15) is 0 Å². The van der Waals surface area contributed by atoms with E-state index in [4.69, 9.17) is 16.3 Å². The van der Waals surface area contributed by atoms with Crippen molar-refractivity contribution >= 4 is 49.3 Å². The molecule has 1 aromatic carbocycles. The van der Waals surface area contributed by atoms with Gasteiger partial charge in [0, 0.05) is 11.0 Å². The molecule has 0 bridgehead atoms. The van der Waals surface area contributed by atoms with Crippen molar-refractivity contribution in [1.82, 2.24) is 9.97 Å². The number of anilines is 1. The van der Waals surface area contributed by atoms with E-state index in [0.717, 1.165) is 17.4 Å². The summed E-state index contributed by atoms with van der Waals surface area (Å²) in [5.41, 5.74) is 0. The summed E-state index contributed by atoms with van der Waals surface area (Å²) in [4.78, 5) is 8.28. The van der Waals surface area contributed by atoms with Gasteiger partial charge in [0.15, 0.2) is 0 Å². The molecule has 0 aliphatic carbocycles. The van der Waals surface area contributed by atoms with Gasteiger partial charge in [-0.15, -0.1) is 0 Å². The molecule has 4 nitrogen and oxygen atoms in total. The third-order valence-electron chi connectivity index (χ3n) is 2.40. The van der Waals surface area contributed by atoms with Crippen LogP contribution in [0, 0.1) is 0 Å². The fourth-order valence-corrected chi connectivity index (χ4v) is 2.59. The zero-order valence-electron chi connectivity index (χ0n) is 10.7. The highest BCUT2D eigenvalue weighted by atomic mass is 79.9. The van der Waals surface area contributed by atoms with Crippen LogP contribution < -0.4 is 10.1 Å². The zero-order chi connectivity index (χ0) is 14.5. The van der Waals surface area contributed by atoms with Crippen molar-refractivity contribution in [2.75, 3.05) is 11.9 Å². The molecular weight excluding hydrogens is 409 g/mol. The van der Waals surface area contributed by atoms with E-state index in [0.29, 0.717) is 26.9 Å². The Hall–Kier alpha value is -0.850. The van der Waals surface area contributed by atoms with E-state index in [1.807, 2.05) is 6.07 Å². The van der Waals surface area contributed by atoms with Crippen LogP contribution in [0.2, 0.25) is 5.02 Å². The lowest BCUT2D eigenvalue weighted by Crippen LogP contribution is -2.04. The summed E-state index contributed by atoms with van der Waals surface area (Å²) in [5, 5.41) is 3.70. The first-order valence-electron chi connectivity index (χ1n) is 5.99. The van der Waals surface area contributed by atoms with Crippen molar-refractivity contribution in [2.45, 2.75) is 13.3 Å². The molecule has 0 aliphatic heterocycles. The lowest BCUT2D eigenvalue weighted by Gasteiger charge is -2.11. The van der Waals surface area contributed by atoms with Crippen LogP contribution in [0.1, 0.15) is 13.3 Å². The molecule has 1 N–H and O–H groups in total. The highest BCUT2D eigenvalue weighted by molar-refractivity contribution is 9.11. The number of benzene rings is 1. The molecule has 1 heterocycles. The second-order valence-corrected chi connectivity index (χ2v) is 6.06. The van der Waals surface area contributed by atoms with Crippen molar-refractivity contribution in [3.05, 3.63) is 38.5 Å². The predicted octanol–water partition coefficient (Wildman–Crippen LogP) is 5.27. The van der Waals surface area contributed by atoms with E-state index < -0.39 is 0 Å². The molecule has 106 valence electrons. The standard InChI is InChI=1S/C13H12Br2ClN3O/c1-2-5-17-12-11(15)13(19-7-18-12)20-10-4-3-8(14)6-9(10)16/h3-4,6-7H,2,5H2,1H3,(H,17,18,19). The lowest BCUT2D eigenvalue weighted by molar-refractivity contribution is 0.458. The summed E-state index contributed by atoms with van der Waals surface area (Å²) in [6, 6.07) is 5.40. The minimum atomic E-state index is 0.419. The molecular formula is C13H12Br2ClN3O. The molecule has 0 fully saturated rings. The van der Waals surface area contributed by atoms with Crippen LogP contribution in [-0.2, 0) is 0 Å². The number of hydrogen-bond acceptors (Lipinski definition) is 4. The number of rotatable bonds is 5. The molecule has 2 rings (SSSR count). The average molecular weight is 422 g/mol. The van der Waals surface area contributed by atoms with Crippen molar-refractivity contribution in [3.63, 3.8) is 0 Å². The quantitative estimate of drug-likeness (QED) is 0.715. The summed E-state index contributed by atoms with van der Waals surface area (Å²) in [6.45, 7) is 2.91. The summed E-state index contributed by atoms with van der Waals surface area (Å²) >= 11 is 12.9. The maximum absolute atomic E-state index is 6.13. The van der Waals surface area contributed by atoms with Gasteiger partial charge in [0.2, 0.25) is 5.88 Å². The SMILES string of the molecule is CCCNc1ncnc(Oc2ccc(Br)cc2Cl)c1Br. The molecule has 1 aromatic heterocycles. The second kappa shape index (κ2) is 7.24. The Bertz CT molecular complexity index is 610. The molecule has 0 spiro atoms. The van der Waals surface area contributed by atoms with Gasteiger partial charge in [0.05, 0.1) is 5.02 Å². The third-order valence-corrected chi connectivity index (χ3v) is 3.90. The summed E-state index contributed by atoms with van der Waals surface area (Å²) in [6.07, 6.45) is 2.45. The monoisotopic (exact) mass is 419 g/mol. The highest BCUT2D eigenvalue weighted by Gasteiger charge is 2.12. The largest absolute Gasteiger partial charge is 0.436 e. The molecule has 2 aromatic rings. The molecule has 0 saturated carbocycles. The van der Waals surface area contributed by atoms with Gasteiger partial charge in [-0.3, -0.25) is 0 Å². The number of hydrogen-bond donors (Lipinski definition) is 1. The van der Waals surface area contributed by atoms with E-state index in [-0.39, 0.29) is 0 Å². The van der Waals surface area contributed by atoms with Gasteiger partial charge < -0.3 is 10.1 Å². The second-order valence-electron chi connectivity index (χ2n) is 3.94. The smallest absolute Gasteiger partial charge is 0.238 e.